The molecule has 6 N–H and O–H groups in total. The molecule has 0 aromatic carbocycles. The van der Waals surface area contributed by atoms with Crippen LogP contribution < -0.4 is 11.1 Å². The number of amides is 2. The Bertz CT molecular complexity index is 579. The van der Waals surface area contributed by atoms with Crippen molar-refractivity contribution >= 4 is 29.7 Å². The van der Waals surface area contributed by atoms with Crippen LogP contribution in [0.1, 0.15) is 38.5 Å². The number of aliphatic carboxylic acids is 3. The second kappa shape index (κ2) is 9.70. The molecule has 0 bridgehead atoms. The topological polar surface area (TPSA) is 187 Å². The second-order valence-corrected chi connectivity index (χ2v) is 6.06. The molecule has 3 atom stereocenters. The highest BCUT2D eigenvalue weighted by molar-refractivity contribution is 5.92. The van der Waals surface area contributed by atoms with Crippen molar-refractivity contribution in [3.63, 3.8) is 0 Å². The zero-order chi connectivity index (χ0) is 19.9. The van der Waals surface area contributed by atoms with E-state index in [2.05, 4.69) is 5.32 Å². The molecule has 11 nitrogen and oxygen atoms in total. The fourth-order valence-electron chi connectivity index (χ4n) is 2.71. The lowest BCUT2D eigenvalue weighted by Gasteiger charge is -2.27. The Hall–Kier alpha value is -2.69. The summed E-state index contributed by atoms with van der Waals surface area (Å²) >= 11 is 0. The fourth-order valence-corrected chi connectivity index (χ4v) is 2.71. The van der Waals surface area contributed by atoms with Crippen LogP contribution in [-0.4, -0.2) is 74.6 Å². The third-order valence-electron chi connectivity index (χ3n) is 4.09. The minimum Gasteiger partial charge on any atom is -0.481 e. The van der Waals surface area contributed by atoms with Gasteiger partial charge in [0, 0.05) is 19.4 Å². The van der Waals surface area contributed by atoms with E-state index in [0.29, 0.717) is 12.8 Å². The molecule has 1 rings (SSSR count). The van der Waals surface area contributed by atoms with Crippen LogP contribution in [0.25, 0.3) is 0 Å². The van der Waals surface area contributed by atoms with E-state index in [0.717, 1.165) is 0 Å². The highest BCUT2D eigenvalue weighted by Gasteiger charge is 2.37. The first kappa shape index (κ1) is 21.4. The molecule has 1 fully saturated rings. The van der Waals surface area contributed by atoms with Crippen LogP contribution in [0.2, 0.25) is 0 Å². The number of hydrogen-bond donors (Lipinski definition) is 5. The fraction of sp³-hybridized carbons (Fsp3) is 0.667. The number of carbonyl (C=O) groups excluding carboxylic acids is 2. The van der Waals surface area contributed by atoms with Gasteiger partial charge >= 0.3 is 17.9 Å². The second-order valence-electron chi connectivity index (χ2n) is 6.06. The molecule has 146 valence electrons. The average molecular weight is 373 g/mol. The van der Waals surface area contributed by atoms with E-state index in [4.69, 9.17) is 21.1 Å². The summed E-state index contributed by atoms with van der Waals surface area (Å²) in [5.74, 6) is -4.91. The zero-order valence-corrected chi connectivity index (χ0v) is 14.1. The van der Waals surface area contributed by atoms with Crippen LogP contribution in [0.4, 0.5) is 0 Å². The summed E-state index contributed by atoms with van der Waals surface area (Å²) in [6.07, 6.45) is -0.236. The van der Waals surface area contributed by atoms with Crippen molar-refractivity contribution in [1.82, 2.24) is 10.2 Å². The number of nitrogens with one attached hydrogen (secondary N) is 1. The van der Waals surface area contributed by atoms with Crippen LogP contribution in [-0.2, 0) is 24.0 Å². The Labute approximate surface area is 149 Å². The minimum atomic E-state index is -1.38. The van der Waals surface area contributed by atoms with Crippen molar-refractivity contribution in [3.8, 4) is 0 Å². The smallest absolute Gasteiger partial charge is 0.326 e. The van der Waals surface area contributed by atoms with Crippen LogP contribution in [0, 0.1) is 0 Å². The molecular formula is C15H23N3O8. The van der Waals surface area contributed by atoms with Gasteiger partial charge in [-0.15, -0.1) is 0 Å². The molecule has 1 aliphatic rings. The largest absolute Gasteiger partial charge is 0.481 e. The minimum absolute atomic E-state index is 0.0740. The van der Waals surface area contributed by atoms with Crippen molar-refractivity contribution in [3.05, 3.63) is 0 Å². The summed E-state index contributed by atoms with van der Waals surface area (Å²) in [5, 5.41) is 28.6. The Morgan fingerprint density at radius 2 is 1.62 bits per heavy atom. The van der Waals surface area contributed by atoms with E-state index in [9.17, 15) is 24.0 Å². The van der Waals surface area contributed by atoms with E-state index in [1.165, 1.54) is 4.90 Å². The maximum atomic E-state index is 12.4. The number of nitrogens with two attached hydrogens (primary N) is 1. The SMILES string of the molecule is NC(CCC(=O)O)C(=O)N1CCCC1C(=O)NC(CCC(=O)O)C(=O)O. The molecule has 0 aliphatic carbocycles. The van der Waals surface area contributed by atoms with Crippen molar-refractivity contribution in [2.75, 3.05) is 6.54 Å². The van der Waals surface area contributed by atoms with Gasteiger partial charge in [-0.05, 0) is 25.7 Å². The molecule has 3 unspecified atom stereocenters. The molecule has 0 saturated carbocycles. The number of likely N-dealkylation sites (tertiary alicyclic amines) is 1. The van der Waals surface area contributed by atoms with Gasteiger partial charge < -0.3 is 31.3 Å². The summed E-state index contributed by atoms with van der Waals surface area (Å²) < 4.78 is 0. The monoisotopic (exact) mass is 373 g/mol. The molecule has 26 heavy (non-hydrogen) atoms. The van der Waals surface area contributed by atoms with Gasteiger partial charge in [-0.25, -0.2) is 4.79 Å². The Morgan fingerprint density at radius 3 is 2.15 bits per heavy atom. The number of hydrogen-bond acceptors (Lipinski definition) is 6. The van der Waals surface area contributed by atoms with Gasteiger partial charge in [0.1, 0.15) is 12.1 Å². The van der Waals surface area contributed by atoms with Gasteiger partial charge in [0.05, 0.1) is 6.04 Å². The lowest BCUT2D eigenvalue weighted by molar-refractivity contribution is -0.144. The van der Waals surface area contributed by atoms with Crippen LogP contribution in [0.5, 0.6) is 0 Å². The normalized spacial score (nSPS) is 18.8. The first-order chi connectivity index (χ1) is 12.1. The molecule has 0 spiro atoms. The zero-order valence-electron chi connectivity index (χ0n) is 14.1. The predicted octanol–water partition coefficient (Wildman–Crippen LogP) is -1.40. The lowest BCUT2D eigenvalue weighted by atomic mass is 10.1. The number of carboxylic acids is 3. The van der Waals surface area contributed by atoms with Gasteiger partial charge in [-0.3, -0.25) is 19.2 Å². The van der Waals surface area contributed by atoms with E-state index in [-0.39, 0.29) is 25.8 Å². The standard InChI is InChI=1S/C15H23N3O8/c16-8(3-5-11(19)20)14(24)18-7-1-2-10(18)13(23)17-9(15(25)26)4-6-12(21)22/h8-10H,1-7,16H2,(H,17,23)(H,19,20)(H,21,22)(H,25,26). The van der Waals surface area contributed by atoms with Gasteiger partial charge in [-0.2, -0.15) is 0 Å². The third kappa shape index (κ3) is 6.31. The molecule has 2 amide bonds. The first-order valence-electron chi connectivity index (χ1n) is 8.16. The van der Waals surface area contributed by atoms with Crippen LogP contribution in [0.3, 0.4) is 0 Å². The summed E-state index contributed by atoms with van der Waals surface area (Å²) in [6.45, 7) is 0.255. The highest BCUT2D eigenvalue weighted by Crippen LogP contribution is 2.19. The predicted molar refractivity (Wildman–Crippen MR) is 86.0 cm³/mol. The van der Waals surface area contributed by atoms with E-state index in [1.807, 2.05) is 0 Å². The van der Waals surface area contributed by atoms with Crippen LogP contribution >= 0.6 is 0 Å². The molecule has 1 aliphatic heterocycles. The number of carbonyl (C=O) groups is 5. The highest BCUT2D eigenvalue weighted by atomic mass is 16.4. The lowest BCUT2D eigenvalue weighted by Crippen LogP contribution is -2.54. The Balaban J connectivity index is 2.71. The van der Waals surface area contributed by atoms with Crippen molar-refractivity contribution in [1.29, 1.82) is 0 Å². The van der Waals surface area contributed by atoms with Gasteiger partial charge in [0.15, 0.2) is 0 Å². The number of rotatable bonds is 10. The molecule has 0 aromatic heterocycles. The van der Waals surface area contributed by atoms with Crippen molar-refractivity contribution in [2.24, 2.45) is 5.73 Å². The third-order valence-corrected chi connectivity index (χ3v) is 4.09. The maximum absolute atomic E-state index is 12.4. The van der Waals surface area contributed by atoms with Crippen molar-refractivity contribution < 1.29 is 39.3 Å². The molecule has 1 heterocycles. The average Bonchev–Trinajstić information content (AvgIpc) is 3.04. The number of carboxylic acid groups (broad SMARTS) is 3. The summed E-state index contributed by atoms with van der Waals surface area (Å²) in [6, 6.07) is -3.36. The molecule has 0 radical (unpaired) electrons. The summed E-state index contributed by atoms with van der Waals surface area (Å²) in [7, 11) is 0. The number of nitrogens with zero attached hydrogens (tertiary/aromatic N) is 1. The Morgan fingerprint density at radius 1 is 1.04 bits per heavy atom. The van der Waals surface area contributed by atoms with Crippen LogP contribution in [0.15, 0.2) is 0 Å². The Kier molecular flexibility index (Phi) is 7.97. The summed E-state index contributed by atoms with van der Waals surface area (Å²) in [4.78, 5) is 58.2. The quantitative estimate of drug-likeness (QED) is 0.307. The molecular weight excluding hydrogens is 350 g/mol. The maximum Gasteiger partial charge on any atom is 0.326 e. The first-order valence-corrected chi connectivity index (χ1v) is 8.16. The van der Waals surface area contributed by atoms with Crippen molar-refractivity contribution in [2.45, 2.75) is 56.7 Å². The van der Waals surface area contributed by atoms with Gasteiger partial charge in [0.25, 0.3) is 0 Å². The molecule has 1 saturated heterocycles. The van der Waals surface area contributed by atoms with Gasteiger partial charge in [-0.1, -0.05) is 0 Å². The van der Waals surface area contributed by atoms with Gasteiger partial charge in [0.2, 0.25) is 11.8 Å². The summed E-state index contributed by atoms with van der Waals surface area (Å²) in [5.41, 5.74) is 5.69. The molecule has 0 aromatic rings. The van der Waals surface area contributed by atoms with E-state index >= 15 is 0 Å². The van der Waals surface area contributed by atoms with E-state index in [1.54, 1.807) is 0 Å². The van der Waals surface area contributed by atoms with E-state index < -0.39 is 54.3 Å². The molecule has 11 heteroatoms.